The Morgan fingerprint density at radius 3 is 2.74 bits per heavy atom. The van der Waals surface area contributed by atoms with E-state index < -0.39 is 5.54 Å². The Morgan fingerprint density at radius 1 is 1.32 bits per heavy atom. The highest BCUT2D eigenvalue weighted by Crippen LogP contribution is 2.32. The number of amides is 1. The Balaban J connectivity index is 1.60. The molecule has 0 radical (unpaired) electrons. The predicted molar refractivity (Wildman–Crippen MR) is 76.0 cm³/mol. The monoisotopic (exact) mass is 259 g/mol. The molecule has 1 saturated carbocycles. The molecule has 3 N–H and O–H groups in total. The lowest BCUT2D eigenvalue weighted by atomic mass is 10.0. The number of hydrogen-bond acceptors (Lipinski definition) is 3. The number of nitrogens with zero attached hydrogens (tertiary/aromatic N) is 1. The van der Waals surface area contributed by atoms with E-state index in [0.717, 1.165) is 38.8 Å². The van der Waals surface area contributed by atoms with Crippen LogP contribution < -0.4 is 16.0 Å². The van der Waals surface area contributed by atoms with Crippen molar-refractivity contribution >= 4 is 11.6 Å². The predicted octanol–water partition coefficient (Wildman–Crippen LogP) is 1.26. The van der Waals surface area contributed by atoms with Crippen LogP contribution in [0.15, 0.2) is 30.3 Å². The van der Waals surface area contributed by atoms with Crippen molar-refractivity contribution in [3.05, 3.63) is 30.3 Å². The van der Waals surface area contributed by atoms with E-state index in [1.165, 1.54) is 5.69 Å². The minimum atomic E-state index is -0.560. The van der Waals surface area contributed by atoms with Gasteiger partial charge in [0, 0.05) is 24.8 Å². The molecule has 1 aromatic rings. The average molecular weight is 259 g/mol. The molecule has 19 heavy (non-hydrogen) atoms. The van der Waals surface area contributed by atoms with Gasteiger partial charge in [0.05, 0.1) is 5.54 Å². The molecule has 1 atom stereocenters. The van der Waals surface area contributed by atoms with Gasteiger partial charge in [-0.25, -0.2) is 0 Å². The van der Waals surface area contributed by atoms with Crippen molar-refractivity contribution < 1.29 is 4.79 Å². The van der Waals surface area contributed by atoms with Crippen LogP contribution in [0, 0.1) is 0 Å². The number of para-hydroxylation sites is 1. The fourth-order valence-electron chi connectivity index (χ4n) is 2.66. The van der Waals surface area contributed by atoms with Gasteiger partial charge in [-0.15, -0.1) is 0 Å². The maximum Gasteiger partial charge on any atom is 0.240 e. The minimum absolute atomic E-state index is 0.0346. The van der Waals surface area contributed by atoms with Crippen LogP contribution in [-0.4, -0.2) is 30.6 Å². The summed E-state index contributed by atoms with van der Waals surface area (Å²) in [6, 6.07) is 10.6. The van der Waals surface area contributed by atoms with Gasteiger partial charge in [-0.05, 0) is 37.8 Å². The van der Waals surface area contributed by atoms with E-state index >= 15 is 0 Å². The van der Waals surface area contributed by atoms with E-state index in [1.807, 2.05) is 6.07 Å². The summed E-state index contributed by atoms with van der Waals surface area (Å²) in [6.45, 7) is 1.94. The highest BCUT2D eigenvalue weighted by Gasteiger charge is 2.46. The molecule has 1 saturated heterocycles. The third kappa shape index (κ3) is 2.73. The second-order valence-electron chi connectivity index (χ2n) is 5.75. The number of benzene rings is 1. The quantitative estimate of drug-likeness (QED) is 0.859. The summed E-state index contributed by atoms with van der Waals surface area (Å²) in [5, 5.41) is 3.12. The zero-order chi connectivity index (χ0) is 13.3. The number of nitrogens with two attached hydrogens (primary N) is 1. The molecule has 1 aliphatic carbocycles. The summed E-state index contributed by atoms with van der Waals surface area (Å²) >= 11 is 0. The fourth-order valence-corrected chi connectivity index (χ4v) is 2.66. The van der Waals surface area contributed by atoms with E-state index in [9.17, 15) is 4.79 Å². The average Bonchev–Trinajstić information content (AvgIpc) is 3.20. The number of anilines is 1. The first kappa shape index (κ1) is 12.5. The molecule has 2 aliphatic rings. The molecule has 3 rings (SSSR count). The molecular formula is C15H21N3O. The van der Waals surface area contributed by atoms with Crippen LogP contribution in [0.25, 0.3) is 0 Å². The van der Waals surface area contributed by atoms with Crippen molar-refractivity contribution in [1.29, 1.82) is 0 Å². The van der Waals surface area contributed by atoms with E-state index in [-0.39, 0.29) is 11.9 Å². The summed E-state index contributed by atoms with van der Waals surface area (Å²) in [6.07, 6.45) is 3.81. The van der Waals surface area contributed by atoms with Crippen LogP contribution in [0.2, 0.25) is 0 Å². The number of carbonyl (C=O) groups is 1. The maximum atomic E-state index is 12.0. The van der Waals surface area contributed by atoms with E-state index in [4.69, 9.17) is 5.73 Å². The Hall–Kier alpha value is -1.55. The molecule has 0 spiro atoms. The summed E-state index contributed by atoms with van der Waals surface area (Å²) in [4.78, 5) is 14.3. The summed E-state index contributed by atoms with van der Waals surface area (Å²) < 4.78 is 0. The van der Waals surface area contributed by atoms with Crippen LogP contribution in [0.1, 0.15) is 25.7 Å². The first-order valence-electron chi connectivity index (χ1n) is 7.07. The third-order valence-electron chi connectivity index (χ3n) is 4.12. The van der Waals surface area contributed by atoms with Crippen molar-refractivity contribution in [2.45, 2.75) is 37.3 Å². The smallest absolute Gasteiger partial charge is 0.240 e. The first-order valence-corrected chi connectivity index (χ1v) is 7.07. The second-order valence-corrected chi connectivity index (χ2v) is 5.75. The summed E-state index contributed by atoms with van der Waals surface area (Å²) in [7, 11) is 0. The van der Waals surface area contributed by atoms with E-state index in [1.54, 1.807) is 0 Å². The van der Waals surface area contributed by atoms with Gasteiger partial charge >= 0.3 is 0 Å². The van der Waals surface area contributed by atoms with Gasteiger partial charge in [-0.1, -0.05) is 18.2 Å². The van der Waals surface area contributed by atoms with Crippen molar-refractivity contribution in [2.24, 2.45) is 5.73 Å². The van der Waals surface area contributed by atoms with Gasteiger partial charge < -0.3 is 16.0 Å². The SMILES string of the molecule is NC1(C(=O)NC2CCCN(c3ccccc3)C2)CC1. The Kier molecular flexibility index (Phi) is 3.19. The van der Waals surface area contributed by atoms with Gasteiger partial charge in [-0.2, -0.15) is 0 Å². The largest absolute Gasteiger partial charge is 0.369 e. The Bertz CT molecular complexity index is 456. The van der Waals surface area contributed by atoms with Crippen LogP contribution >= 0.6 is 0 Å². The molecular weight excluding hydrogens is 238 g/mol. The number of nitrogens with one attached hydrogen (secondary N) is 1. The van der Waals surface area contributed by atoms with Crippen molar-refractivity contribution in [3.63, 3.8) is 0 Å². The van der Waals surface area contributed by atoms with Crippen LogP contribution in [0.3, 0.4) is 0 Å². The number of rotatable bonds is 3. The van der Waals surface area contributed by atoms with Gasteiger partial charge in [-0.3, -0.25) is 4.79 Å². The molecule has 1 amide bonds. The highest BCUT2D eigenvalue weighted by molar-refractivity contribution is 5.89. The maximum absolute atomic E-state index is 12.0. The van der Waals surface area contributed by atoms with Gasteiger partial charge in [0.15, 0.2) is 0 Å². The van der Waals surface area contributed by atoms with Gasteiger partial charge in [0.25, 0.3) is 0 Å². The Morgan fingerprint density at radius 2 is 2.05 bits per heavy atom. The third-order valence-corrected chi connectivity index (χ3v) is 4.12. The highest BCUT2D eigenvalue weighted by atomic mass is 16.2. The van der Waals surface area contributed by atoms with Gasteiger partial charge in [0.1, 0.15) is 0 Å². The normalized spacial score (nSPS) is 24.9. The molecule has 2 fully saturated rings. The molecule has 1 unspecified atom stereocenters. The topological polar surface area (TPSA) is 58.4 Å². The fraction of sp³-hybridized carbons (Fsp3) is 0.533. The second kappa shape index (κ2) is 4.85. The molecule has 4 nitrogen and oxygen atoms in total. The molecule has 0 aromatic heterocycles. The zero-order valence-corrected chi connectivity index (χ0v) is 11.1. The Labute approximate surface area is 114 Å². The number of piperidine rings is 1. The lowest BCUT2D eigenvalue weighted by molar-refractivity contribution is -0.124. The van der Waals surface area contributed by atoms with Gasteiger partial charge in [0.2, 0.25) is 5.91 Å². The van der Waals surface area contributed by atoms with Crippen LogP contribution in [-0.2, 0) is 4.79 Å². The summed E-state index contributed by atoms with van der Waals surface area (Å²) in [5.74, 6) is 0.0346. The summed E-state index contributed by atoms with van der Waals surface area (Å²) in [5.41, 5.74) is 6.60. The van der Waals surface area contributed by atoms with Crippen LogP contribution in [0.5, 0.6) is 0 Å². The molecule has 1 aromatic carbocycles. The lowest BCUT2D eigenvalue weighted by Gasteiger charge is -2.35. The molecule has 4 heteroatoms. The van der Waals surface area contributed by atoms with Crippen LogP contribution in [0.4, 0.5) is 5.69 Å². The lowest BCUT2D eigenvalue weighted by Crippen LogP contribution is -2.53. The molecule has 1 heterocycles. The number of hydrogen-bond donors (Lipinski definition) is 2. The van der Waals surface area contributed by atoms with Crippen molar-refractivity contribution in [3.8, 4) is 0 Å². The van der Waals surface area contributed by atoms with E-state index in [2.05, 4.69) is 34.5 Å². The minimum Gasteiger partial charge on any atom is -0.369 e. The molecule has 0 bridgehead atoms. The van der Waals surface area contributed by atoms with E-state index in [0.29, 0.717) is 0 Å². The zero-order valence-electron chi connectivity index (χ0n) is 11.1. The molecule has 102 valence electrons. The van der Waals surface area contributed by atoms with Crippen molar-refractivity contribution in [1.82, 2.24) is 5.32 Å². The van der Waals surface area contributed by atoms with Crippen molar-refractivity contribution in [2.75, 3.05) is 18.0 Å². The standard InChI is InChI=1S/C15H21N3O/c16-15(8-9-15)14(19)17-12-5-4-10-18(11-12)13-6-2-1-3-7-13/h1-3,6-7,12H,4-5,8-11,16H2,(H,17,19). The number of carbonyl (C=O) groups excluding carboxylic acids is 1. The first-order chi connectivity index (χ1) is 9.17. The molecule has 1 aliphatic heterocycles.